The van der Waals surface area contributed by atoms with Crippen molar-refractivity contribution in [3.05, 3.63) is 24.3 Å². The van der Waals surface area contributed by atoms with Gasteiger partial charge >= 0.3 is 0 Å². The van der Waals surface area contributed by atoms with Crippen LogP contribution in [0.4, 0.5) is 11.4 Å². The number of nitrogens with one attached hydrogen (secondary N) is 2. The Kier molecular flexibility index (Phi) is 4.98. The van der Waals surface area contributed by atoms with E-state index in [0.717, 1.165) is 24.2 Å². The van der Waals surface area contributed by atoms with Crippen molar-refractivity contribution >= 4 is 17.3 Å². The largest absolute Gasteiger partial charge is 0.370 e. The molecule has 136 valence electrons. The summed E-state index contributed by atoms with van der Waals surface area (Å²) in [6.07, 6.45) is 10.7. The van der Waals surface area contributed by atoms with E-state index in [-0.39, 0.29) is 5.91 Å². The monoisotopic (exact) mass is 341 g/mol. The van der Waals surface area contributed by atoms with Gasteiger partial charge in [0.05, 0.1) is 11.4 Å². The fourth-order valence-corrected chi connectivity index (χ4v) is 5.18. The van der Waals surface area contributed by atoms with Crippen LogP contribution in [0.25, 0.3) is 0 Å². The first-order valence-corrected chi connectivity index (χ1v) is 10.1. The van der Waals surface area contributed by atoms with Crippen molar-refractivity contribution in [1.82, 2.24) is 5.32 Å². The number of para-hydroxylation sites is 2. The quantitative estimate of drug-likeness (QED) is 0.853. The lowest BCUT2D eigenvalue weighted by molar-refractivity contribution is -0.117. The van der Waals surface area contributed by atoms with E-state index in [0.29, 0.717) is 30.5 Å². The molecule has 0 radical (unpaired) electrons. The van der Waals surface area contributed by atoms with Crippen LogP contribution in [0.1, 0.15) is 57.8 Å². The smallest absolute Gasteiger partial charge is 0.224 e. The van der Waals surface area contributed by atoms with E-state index in [4.69, 9.17) is 0 Å². The maximum Gasteiger partial charge on any atom is 0.224 e. The number of carbonyl (C=O) groups is 1. The number of anilines is 2. The minimum absolute atomic E-state index is 0.179. The minimum atomic E-state index is 0.179. The Morgan fingerprint density at radius 1 is 1.12 bits per heavy atom. The summed E-state index contributed by atoms with van der Waals surface area (Å²) in [6, 6.07) is 10.2. The van der Waals surface area contributed by atoms with Gasteiger partial charge < -0.3 is 15.5 Å². The first-order chi connectivity index (χ1) is 12.2. The highest BCUT2D eigenvalue weighted by Crippen LogP contribution is 2.34. The Labute approximate surface area is 151 Å². The fourth-order valence-electron chi connectivity index (χ4n) is 5.18. The van der Waals surface area contributed by atoms with Gasteiger partial charge in [-0.1, -0.05) is 25.0 Å². The third kappa shape index (κ3) is 3.84. The van der Waals surface area contributed by atoms with Crippen LogP contribution >= 0.6 is 0 Å². The van der Waals surface area contributed by atoms with Gasteiger partial charge in [0.25, 0.3) is 0 Å². The molecule has 2 N–H and O–H groups in total. The van der Waals surface area contributed by atoms with E-state index >= 15 is 0 Å². The molecule has 4 rings (SSSR count). The van der Waals surface area contributed by atoms with E-state index in [9.17, 15) is 4.79 Å². The number of hydrogen-bond acceptors (Lipinski definition) is 3. The van der Waals surface area contributed by atoms with Gasteiger partial charge in [-0.25, -0.2) is 0 Å². The molecule has 2 unspecified atom stereocenters. The molecule has 2 saturated heterocycles. The Bertz CT molecular complexity index is 599. The zero-order chi connectivity index (χ0) is 17.2. The maximum atomic E-state index is 12.7. The lowest BCUT2D eigenvalue weighted by Gasteiger charge is -2.30. The summed E-state index contributed by atoms with van der Waals surface area (Å²) in [7, 11) is 2.17. The Hall–Kier alpha value is -1.55. The predicted molar refractivity (Wildman–Crippen MR) is 103 cm³/mol. The summed E-state index contributed by atoms with van der Waals surface area (Å²) in [6.45, 7) is 0. The number of benzene rings is 1. The molecule has 2 heterocycles. The molecule has 3 aliphatic rings. The molecule has 0 aromatic heterocycles. The molecule has 2 aliphatic heterocycles. The van der Waals surface area contributed by atoms with Gasteiger partial charge in [0.1, 0.15) is 0 Å². The van der Waals surface area contributed by atoms with Gasteiger partial charge in [0.15, 0.2) is 0 Å². The van der Waals surface area contributed by atoms with E-state index < -0.39 is 0 Å². The number of piperidine rings is 1. The van der Waals surface area contributed by atoms with Crippen LogP contribution < -0.4 is 15.5 Å². The topological polar surface area (TPSA) is 44.4 Å². The third-order valence-electron chi connectivity index (χ3n) is 6.48. The number of hydrogen-bond donors (Lipinski definition) is 2. The van der Waals surface area contributed by atoms with Crippen molar-refractivity contribution in [2.24, 2.45) is 5.92 Å². The Morgan fingerprint density at radius 3 is 2.52 bits per heavy atom. The maximum absolute atomic E-state index is 12.7. The van der Waals surface area contributed by atoms with Crippen molar-refractivity contribution in [1.29, 1.82) is 0 Å². The van der Waals surface area contributed by atoms with E-state index in [1.165, 1.54) is 38.5 Å². The molecular weight excluding hydrogens is 310 g/mol. The Morgan fingerprint density at radius 2 is 1.80 bits per heavy atom. The normalized spacial score (nSPS) is 28.9. The summed E-state index contributed by atoms with van der Waals surface area (Å²) in [5.74, 6) is 0.719. The second kappa shape index (κ2) is 7.36. The molecule has 1 aromatic carbocycles. The first-order valence-electron chi connectivity index (χ1n) is 10.1. The molecule has 1 aromatic rings. The van der Waals surface area contributed by atoms with Crippen molar-refractivity contribution in [3.63, 3.8) is 0 Å². The highest BCUT2D eigenvalue weighted by molar-refractivity contribution is 5.94. The second-order valence-corrected chi connectivity index (χ2v) is 8.29. The lowest BCUT2D eigenvalue weighted by Crippen LogP contribution is -2.39. The zero-order valence-electron chi connectivity index (χ0n) is 15.3. The molecule has 4 heteroatoms. The van der Waals surface area contributed by atoms with Gasteiger partial charge in [0, 0.05) is 31.6 Å². The average molecular weight is 341 g/mol. The van der Waals surface area contributed by atoms with Crippen molar-refractivity contribution in [2.45, 2.75) is 75.9 Å². The number of carbonyl (C=O) groups excluding carboxylic acids is 1. The summed E-state index contributed by atoms with van der Waals surface area (Å²) in [4.78, 5) is 15.0. The highest BCUT2D eigenvalue weighted by Gasteiger charge is 2.34. The summed E-state index contributed by atoms with van der Waals surface area (Å²) >= 11 is 0. The molecule has 1 aliphatic carbocycles. The molecule has 1 saturated carbocycles. The van der Waals surface area contributed by atoms with Crippen LogP contribution in [0.5, 0.6) is 0 Å². The van der Waals surface area contributed by atoms with Crippen LogP contribution in [-0.2, 0) is 4.79 Å². The van der Waals surface area contributed by atoms with Crippen LogP contribution in [0, 0.1) is 5.92 Å². The molecule has 4 nitrogen and oxygen atoms in total. The number of nitrogens with zero attached hydrogens (tertiary/aromatic N) is 1. The second-order valence-electron chi connectivity index (χ2n) is 8.29. The number of rotatable bonds is 5. The summed E-state index contributed by atoms with van der Waals surface area (Å²) in [5.41, 5.74) is 2.13. The molecular formula is C21H31N3O. The SMILES string of the molecule is CN(c1ccccc1NC(=O)CC1CC2CCC(C1)N2)C1CCCC1. The van der Waals surface area contributed by atoms with Crippen LogP contribution in [0.3, 0.4) is 0 Å². The van der Waals surface area contributed by atoms with Gasteiger partial charge in [-0.3, -0.25) is 4.79 Å². The minimum Gasteiger partial charge on any atom is -0.370 e. The van der Waals surface area contributed by atoms with Gasteiger partial charge in [0.2, 0.25) is 5.91 Å². The predicted octanol–water partition coefficient (Wildman–Crippen LogP) is 3.92. The van der Waals surface area contributed by atoms with Gasteiger partial charge in [-0.05, 0) is 56.6 Å². The van der Waals surface area contributed by atoms with Crippen LogP contribution in [0.2, 0.25) is 0 Å². The van der Waals surface area contributed by atoms with Crippen LogP contribution in [-0.4, -0.2) is 31.1 Å². The molecule has 0 spiro atoms. The van der Waals surface area contributed by atoms with E-state index in [2.05, 4.69) is 34.7 Å². The van der Waals surface area contributed by atoms with Crippen molar-refractivity contribution in [2.75, 3.05) is 17.3 Å². The third-order valence-corrected chi connectivity index (χ3v) is 6.48. The highest BCUT2D eigenvalue weighted by atomic mass is 16.1. The number of amides is 1. The average Bonchev–Trinajstić information content (AvgIpc) is 3.24. The molecule has 1 amide bonds. The summed E-state index contributed by atoms with van der Waals surface area (Å²) in [5, 5.41) is 6.87. The molecule has 2 atom stereocenters. The molecule has 3 fully saturated rings. The van der Waals surface area contributed by atoms with E-state index in [1.54, 1.807) is 0 Å². The summed E-state index contributed by atoms with van der Waals surface area (Å²) < 4.78 is 0. The fraction of sp³-hybridized carbons (Fsp3) is 0.667. The van der Waals surface area contributed by atoms with Crippen molar-refractivity contribution in [3.8, 4) is 0 Å². The van der Waals surface area contributed by atoms with E-state index in [1.807, 2.05) is 12.1 Å². The van der Waals surface area contributed by atoms with Crippen LogP contribution in [0.15, 0.2) is 24.3 Å². The van der Waals surface area contributed by atoms with Gasteiger partial charge in [-0.15, -0.1) is 0 Å². The Balaban J connectivity index is 1.39. The molecule has 25 heavy (non-hydrogen) atoms. The first kappa shape index (κ1) is 16.9. The van der Waals surface area contributed by atoms with Crippen molar-refractivity contribution < 1.29 is 4.79 Å². The molecule has 2 bridgehead atoms. The number of fused-ring (bicyclic) bond motifs is 2. The standard InChI is InChI=1S/C21H31N3O/c1-24(18-6-2-3-7-18)20-9-5-4-8-19(20)23-21(25)14-15-12-16-10-11-17(13-15)22-16/h4-5,8-9,15-18,22H,2-3,6-7,10-14H2,1H3,(H,23,25). The van der Waals surface area contributed by atoms with Gasteiger partial charge in [-0.2, -0.15) is 0 Å². The zero-order valence-corrected chi connectivity index (χ0v) is 15.3. The lowest BCUT2D eigenvalue weighted by atomic mass is 9.89.